The average molecular weight is 361 g/mol. The number of carbonyl (C=O) groups excluding carboxylic acids is 1. The Morgan fingerprint density at radius 3 is 2.80 bits per heavy atom. The predicted molar refractivity (Wildman–Crippen MR) is 95.9 cm³/mol. The van der Waals surface area contributed by atoms with Gasteiger partial charge >= 0.3 is 0 Å². The molecule has 0 saturated carbocycles. The number of methoxy groups -OCH3 is 1. The Morgan fingerprint density at radius 1 is 1.24 bits per heavy atom. The molecule has 1 aromatic carbocycles. The quantitative estimate of drug-likeness (QED) is 0.845. The Balaban J connectivity index is 1.69. The van der Waals surface area contributed by atoms with E-state index in [-0.39, 0.29) is 23.5 Å². The molecule has 3 rings (SSSR count). The second kappa shape index (κ2) is 7.10. The van der Waals surface area contributed by atoms with Gasteiger partial charge in [0, 0.05) is 30.2 Å². The van der Waals surface area contributed by atoms with E-state index in [1.54, 1.807) is 43.6 Å². The monoisotopic (exact) mass is 361 g/mol. The second-order valence-corrected chi connectivity index (χ2v) is 8.12. The van der Waals surface area contributed by atoms with E-state index in [0.29, 0.717) is 29.1 Å². The van der Waals surface area contributed by atoms with Crippen LogP contribution >= 0.6 is 0 Å². The lowest BCUT2D eigenvalue weighted by molar-refractivity contribution is 0.102. The molecule has 1 aliphatic heterocycles. The molecule has 132 valence electrons. The van der Waals surface area contributed by atoms with Crippen LogP contribution in [0, 0.1) is 0 Å². The lowest BCUT2D eigenvalue weighted by Crippen LogP contribution is -2.21. The second-order valence-electron chi connectivity index (χ2n) is 5.89. The highest BCUT2D eigenvalue weighted by atomic mass is 32.2. The molecule has 1 fully saturated rings. The Bertz CT molecular complexity index is 883. The topological polar surface area (TPSA) is 97.4 Å². The van der Waals surface area contributed by atoms with E-state index in [1.807, 2.05) is 0 Å². The van der Waals surface area contributed by atoms with Crippen molar-refractivity contribution in [2.24, 2.45) is 0 Å². The lowest BCUT2D eigenvalue weighted by Gasteiger charge is -2.13. The van der Waals surface area contributed by atoms with Gasteiger partial charge in [0.25, 0.3) is 5.91 Å². The van der Waals surface area contributed by atoms with Crippen molar-refractivity contribution in [1.29, 1.82) is 0 Å². The molecule has 1 aliphatic rings. The van der Waals surface area contributed by atoms with Gasteiger partial charge in [0.1, 0.15) is 5.75 Å². The molecule has 8 heteroatoms. The minimum absolute atomic E-state index is 0.104. The molecule has 25 heavy (non-hydrogen) atoms. The SMILES string of the molecule is COc1cccc(NC(=O)c2cncc(NC3CCS(=O)(=O)C3)c2)c1. The van der Waals surface area contributed by atoms with Gasteiger partial charge in [-0.25, -0.2) is 8.42 Å². The van der Waals surface area contributed by atoms with Crippen LogP contribution in [0.2, 0.25) is 0 Å². The normalized spacial score (nSPS) is 18.5. The molecule has 0 radical (unpaired) electrons. The number of carbonyl (C=O) groups is 1. The van der Waals surface area contributed by atoms with E-state index < -0.39 is 9.84 Å². The van der Waals surface area contributed by atoms with Gasteiger partial charge in [-0.15, -0.1) is 0 Å². The van der Waals surface area contributed by atoms with Crippen molar-refractivity contribution in [3.8, 4) is 5.75 Å². The fourth-order valence-electron chi connectivity index (χ4n) is 2.69. The molecule has 7 nitrogen and oxygen atoms in total. The van der Waals surface area contributed by atoms with Crippen molar-refractivity contribution in [1.82, 2.24) is 4.98 Å². The van der Waals surface area contributed by atoms with Gasteiger partial charge < -0.3 is 15.4 Å². The molecule has 2 N–H and O–H groups in total. The van der Waals surface area contributed by atoms with Crippen LogP contribution in [0.3, 0.4) is 0 Å². The molecule has 1 unspecified atom stereocenters. The van der Waals surface area contributed by atoms with Crippen molar-refractivity contribution in [3.63, 3.8) is 0 Å². The van der Waals surface area contributed by atoms with E-state index in [4.69, 9.17) is 4.74 Å². The number of sulfone groups is 1. The molecule has 1 saturated heterocycles. The average Bonchev–Trinajstić information content (AvgIpc) is 2.93. The summed E-state index contributed by atoms with van der Waals surface area (Å²) in [5.41, 5.74) is 1.62. The molecule has 0 bridgehead atoms. The third-order valence-electron chi connectivity index (χ3n) is 3.93. The zero-order valence-electron chi connectivity index (χ0n) is 13.7. The molecule has 1 amide bonds. The van der Waals surface area contributed by atoms with Crippen LogP contribution in [0.4, 0.5) is 11.4 Å². The Kier molecular flexibility index (Phi) is 4.89. The fraction of sp³-hybridized carbons (Fsp3) is 0.294. The minimum Gasteiger partial charge on any atom is -0.497 e. The summed E-state index contributed by atoms with van der Waals surface area (Å²) >= 11 is 0. The van der Waals surface area contributed by atoms with Crippen molar-refractivity contribution in [3.05, 3.63) is 48.3 Å². The van der Waals surface area contributed by atoms with E-state index in [9.17, 15) is 13.2 Å². The Labute approximate surface area is 146 Å². The largest absolute Gasteiger partial charge is 0.497 e. The van der Waals surface area contributed by atoms with Gasteiger partial charge in [-0.1, -0.05) is 6.07 Å². The number of ether oxygens (including phenoxy) is 1. The first-order valence-corrected chi connectivity index (χ1v) is 9.65. The molecule has 2 heterocycles. The van der Waals surface area contributed by atoms with Crippen LogP contribution in [0.1, 0.15) is 16.8 Å². The standard InChI is InChI=1S/C17H19N3O4S/c1-24-16-4-2-3-13(8-16)20-17(21)12-7-15(10-18-9-12)19-14-5-6-25(22,23)11-14/h2-4,7-10,14,19H,5-6,11H2,1H3,(H,20,21). The number of aromatic nitrogens is 1. The number of nitrogens with zero attached hydrogens (tertiary/aromatic N) is 1. The first kappa shape index (κ1) is 17.2. The molecule has 0 spiro atoms. The van der Waals surface area contributed by atoms with Gasteiger partial charge in [0.2, 0.25) is 0 Å². The first-order valence-electron chi connectivity index (χ1n) is 7.82. The number of nitrogens with one attached hydrogen (secondary N) is 2. The van der Waals surface area contributed by atoms with E-state index in [1.165, 1.54) is 6.20 Å². The van der Waals surface area contributed by atoms with Crippen LogP contribution in [-0.4, -0.2) is 44.0 Å². The van der Waals surface area contributed by atoms with Gasteiger partial charge in [0.05, 0.1) is 29.9 Å². The van der Waals surface area contributed by atoms with Crippen LogP contribution in [0.15, 0.2) is 42.7 Å². The van der Waals surface area contributed by atoms with Gasteiger partial charge in [-0.2, -0.15) is 0 Å². The van der Waals surface area contributed by atoms with Gasteiger partial charge in [-0.05, 0) is 24.6 Å². The fourth-order valence-corrected chi connectivity index (χ4v) is 4.37. The van der Waals surface area contributed by atoms with Gasteiger partial charge in [0.15, 0.2) is 9.84 Å². The highest BCUT2D eigenvalue weighted by Crippen LogP contribution is 2.20. The third kappa shape index (κ3) is 4.48. The molecule has 1 aromatic heterocycles. The summed E-state index contributed by atoms with van der Waals surface area (Å²) in [6.45, 7) is 0. The predicted octanol–water partition coefficient (Wildman–Crippen LogP) is 1.94. The van der Waals surface area contributed by atoms with E-state index >= 15 is 0 Å². The van der Waals surface area contributed by atoms with Crippen LogP contribution in [0.25, 0.3) is 0 Å². The molecular weight excluding hydrogens is 342 g/mol. The van der Waals surface area contributed by atoms with E-state index in [2.05, 4.69) is 15.6 Å². The highest BCUT2D eigenvalue weighted by molar-refractivity contribution is 7.91. The minimum atomic E-state index is -2.96. The van der Waals surface area contributed by atoms with Crippen molar-refractivity contribution in [2.45, 2.75) is 12.5 Å². The molecule has 2 aromatic rings. The number of hydrogen-bond acceptors (Lipinski definition) is 6. The smallest absolute Gasteiger partial charge is 0.257 e. The number of pyridine rings is 1. The Hall–Kier alpha value is -2.61. The van der Waals surface area contributed by atoms with Crippen molar-refractivity contribution in [2.75, 3.05) is 29.2 Å². The van der Waals surface area contributed by atoms with Crippen molar-refractivity contribution < 1.29 is 17.9 Å². The number of hydrogen-bond donors (Lipinski definition) is 2. The van der Waals surface area contributed by atoms with Crippen molar-refractivity contribution >= 4 is 27.1 Å². The maximum atomic E-state index is 12.4. The maximum Gasteiger partial charge on any atom is 0.257 e. The molecular formula is C17H19N3O4S. The summed E-state index contributed by atoms with van der Waals surface area (Å²) in [5, 5.41) is 5.92. The zero-order chi connectivity index (χ0) is 17.9. The Morgan fingerprint density at radius 2 is 2.08 bits per heavy atom. The number of anilines is 2. The first-order chi connectivity index (χ1) is 11.9. The molecule has 0 aliphatic carbocycles. The zero-order valence-corrected chi connectivity index (χ0v) is 14.5. The molecule has 1 atom stereocenters. The van der Waals surface area contributed by atoms with E-state index in [0.717, 1.165) is 0 Å². The van der Waals surface area contributed by atoms with Gasteiger partial charge in [-0.3, -0.25) is 9.78 Å². The highest BCUT2D eigenvalue weighted by Gasteiger charge is 2.27. The summed E-state index contributed by atoms with van der Waals surface area (Å²) < 4.78 is 28.2. The maximum absolute atomic E-state index is 12.4. The number of benzene rings is 1. The summed E-state index contributed by atoms with van der Waals surface area (Å²) in [6.07, 6.45) is 3.60. The van der Waals surface area contributed by atoms with Crippen LogP contribution in [0.5, 0.6) is 5.75 Å². The summed E-state index contributed by atoms with van der Waals surface area (Å²) in [6, 6.07) is 8.56. The van der Waals surface area contributed by atoms with Crippen LogP contribution in [-0.2, 0) is 9.84 Å². The lowest BCUT2D eigenvalue weighted by atomic mass is 10.2. The number of amides is 1. The van der Waals surface area contributed by atoms with Crippen LogP contribution < -0.4 is 15.4 Å². The summed E-state index contributed by atoms with van der Waals surface area (Å²) in [4.78, 5) is 16.5. The summed E-state index contributed by atoms with van der Waals surface area (Å²) in [7, 11) is -1.40. The summed E-state index contributed by atoms with van der Waals surface area (Å²) in [5.74, 6) is 0.638. The number of rotatable bonds is 5. The third-order valence-corrected chi connectivity index (χ3v) is 5.70.